The SMILES string of the molecule is Cl.NCc1cn(-c2ccccc2Br)nn1. The summed E-state index contributed by atoms with van der Waals surface area (Å²) in [6.45, 7) is 0.407. The van der Waals surface area contributed by atoms with Gasteiger partial charge in [0.1, 0.15) is 0 Å². The Morgan fingerprint density at radius 2 is 2.07 bits per heavy atom. The van der Waals surface area contributed by atoms with Crippen LogP contribution in [0.15, 0.2) is 34.9 Å². The lowest BCUT2D eigenvalue weighted by Gasteiger charge is -2.01. The van der Waals surface area contributed by atoms with Crippen LogP contribution in [0, 0.1) is 0 Å². The predicted molar refractivity (Wildman–Crippen MR) is 64.2 cm³/mol. The Hall–Kier alpha value is -0.910. The molecule has 0 bridgehead atoms. The molecule has 0 aliphatic heterocycles. The largest absolute Gasteiger partial charge is 0.325 e. The van der Waals surface area contributed by atoms with E-state index in [-0.39, 0.29) is 12.4 Å². The average Bonchev–Trinajstić information content (AvgIpc) is 2.67. The fourth-order valence-electron chi connectivity index (χ4n) is 1.15. The summed E-state index contributed by atoms with van der Waals surface area (Å²) in [5.41, 5.74) is 7.19. The first-order valence-corrected chi connectivity index (χ1v) is 4.97. The van der Waals surface area contributed by atoms with Crippen molar-refractivity contribution >= 4 is 28.3 Å². The van der Waals surface area contributed by atoms with Crippen LogP contribution >= 0.6 is 28.3 Å². The smallest absolute Gasteiger partial charge is 0.0967 e. The summed E-state index contributed by atoms with van der Waals surface area (Å²) in [6.07, 6.45) is 1.82. The molecule has 0 aliphatic rings. The number of para-hydroxylation sites is 1. The third kappa shape index (κ3) is 2.56. The van der Waals surface area contributed by atoms with E-state index in [1.54, 1.807) is 4.68 Å². The molecule has 0 amide bonds. The van der Waals surface area contributed by atoms with Gasteiger partial charge in [0.05, 0.1) is 17.6 Å². The van der Waals surface area contributed by atoms with Crippen molar-refractivity contribution in [3.63, 3.8) is 0 Å². The summed E-state index contributed by atoms with van der Waals surface area (Å²) < 4.78 is 2.68. The topological polar surface area (TPSA) is 56.7 Å². The molecule has 0 fully saturated rings. The Morgan fingerprint density at radius 3 is 2.67 bits per heavy atom. The van der Waals surface area contributed by atoms with Crippen LogP contribution in [0.4, 0.5) is 0 Å². The molecule has 0 spiro atoms. The number of nitrogens with two attached hydrogens (primary N) is 1. The highest BCUT2D eigenvalue weighted by Gasteiger charge is 2.03. The van der Waals surface area contributed by atoms with E-state index in [1.165, 1.54) is 0 Å². The van der Waals surface area contributed by atoms with E-state index in [0.29, 0.717) is 6.54 Å². The summed E-state index contributed by atoms with van der Waals surface area (Å²) in [5, 5.41) is 7.89. The zero-order chi connectivity index (χ0) is 9.97. The van der Waals surface area contributed by atoms with Crippen molar-refractivity contribution in [2.75, 3.05) is 0 Å². The van der Waals surface area contributed by atoms with E-state index >= 15 is 0 Å². The number of hydrogen-bond donors (Lipinski definition) is 1. The Labute approximate surface area is 102 Å². The second-order valence-corrected chi connectivity index (χ2v) is 3.66. The summed E-state index contributed by atoms with van der Waals surface area (Å²) >= 11 is 3.44. The Balaban J connectivity index is 0.00000112. The molecule has 2 aromatic rings. The minimum absolute atomic E-state index is 0. The van der Waals surface area contributed by atoms with E-state index in [0.717, 1.165) is 15.9 Å². The van der Waals surface area contributed by atoms with E-state index in [9.17, 15) is 0 Å². The van der Waals surface area contributed by atoms with Crippen LogP contribution in [0.3, 0.4) is 0 Å². The standard InChI is InChI=1S/C9H9BrN4.ClH/c10-8-3-1-2-4-9(8)14-6-7(5-11)12-13-14;/h1-4,6H,5,11H2;1H. The maximum atomic E-state index is 5.45. The summed E-state index contributed by atoms with van der Waals surface area (Å²) in [5.74, 6) is 0. The van der Waals surface area contributed by atoms with Crippen LogP contribution in [-0.2, 0) is 6.54 Å². The maximum absolute atomic E-state index is 5.45. The minimum Gasteiger partial charge on any atom is -0.325 e. The van der Waals surface area contributed by atoms with Crippen molar-refractivity contribution in [1.82, 2.24) is 15.0 Å². The molecule has 2 N–H and O–H groups in total. The van der Waals surface area contributed by atoms with Gasteiger partial charge in [0.25, 0.3) is 0 Å². The highest BCUT2D eigenvalue weighted by molar-refractivity contribution is 9.10. The van der Waals surface area contributed by atoms with Gasteiger partial charge in [0, 0.05) is 11.0 Å². The van der Waals surface area contributed by atoms with Crippen molar-refractivity contribution < 1.29 is 0 Å². The van der Waals surface area contributed by atoms with Gasteiger partial charge in [-0.05, 0) is 28.1 Å². The molecule has 0 aliphatic carbocycles. The highest BCUT2D eigenvalue weighted by Crippen LogP contribution is 2.19. The van der Waals surface area contributed by atoms with Crippen LogP contribution in [0.25, 0.3) is 5.69 Å². The van der Waals surface area contributed by atoms with Gasteiger partial charge in [0.2, 0.25) is 0 Å². The molecule has 0 radical (unpaired) electrons. The van der Waals surface area contributed by atoms with Gasteiger partial charge < -0.3 is 5.73 Å². The number of benzene rings is 1. The fraction of sp³-hybridized carbons (Fsp3) is 0.111. The fourth-order valence-corrected chi connectivity index (χ4v) is 1.61. The molecular formula is C9H10BrClN4. The molecule has 0 atom stereocenters. The zero-order valence-electron chi connectivity index (χ0n) is 7.80. The summed E-state index contributed by atoms with van der Waals surface area (Å²) in [6, 6.07) is 7.82. The Morgan fingerprint density at radius 1 is 1.33 bits per heavy atom. The quantitative estimate of drug-likeness (QED) is 0.919. The lowest BCUT2D eigenvalue weighted by molar-refractivity contribution is 0.794. The van der Waals surface area contributed by atoms with Gasteiger partial charge in [-0.2, -0.15) is 0 Å². The first-order chi connectivity index (χ1) is 6.81. The Kier molecular flexibility index (Phi) is 4.26. The Bertz CT molecular complexity index is 443. The molecular weight excluding hydrogens is 279 g/mol. The molecule has 2 rings (SSSR count). The normalized spacial score (nSPS) is 9.73. The van der Waals surface area contributed by atoms with Crippen molar-refractivity contribution in [3.05, 3.63) is 40.6 Å². The molecule has 0 saturated carbocycles. The van der Waals surface area contributed by atoms with E-state index < -0.39 is 0 Å². The number of halogens is 2. The average molecular weight is 290 g/mol. The summed E-state index contributed by atoms with van der Waals surface area (Å²) in [4.78, 5) is 0. The third-order valence-corrected chi connectivity index (χ3v) is 2.52. The second-order valence-electron chi connectivity index (χ2n) is 2.81. The van der Waals surface area contributed by atoms with Gasteiger partial charge in [-0.25, -0.2) is 4.68 Å². The monoisotopic (exact) mass is 288 g/mol. The van der Waals surface area contributed by atoms with Crippen LogP contribution in [0.1, 0.15) is 5.69 Å². The second kappa shape index (κ2) is 5.25. The van der Waals surface area contributed by atoms with E-state index in [4.69, 9.17) is 5.73 Å². The lowest BCUT2D eigenvalue weighted by atomic mass is 10.3. The van der Waals surface area contributed by atoms with Crippen molar-refractivity contribution in [3.8, 4) is 5.69 Å². The van der Waals surface area contributed by atoms with Crippen molar-refractivity contribution in [1.29, 1.82) is 0 Å². The molecule has 0 unspecified atom stereocenters. The highest BCUT2D eigenvalue weighted by atomic mass is 79.9. The van der Waals surface area contributed by atoms with E-state index in [2.05, 4.69) is 26.2 Å². The molecule has 6 heteroatoms. The third-order valence-electron chi connectivity index (χ3n) is 1.85. The van der Waals surface area contributed by atoms with Gasteiger partial charge in [-0.1, -0.05) is 17.3 Å². The van der Waals surface area contributed by atoms with Crippen molar-refractivity contribution in [2.45, 2.75) is 6.54 Å². The van der Waals surface area contributed by atoms with Crippen molar-refractivity contribution in [2.24, 2.45) is 5.73 Å². The van der Waals surface area contributed by atoms with Crippen LogP contribution in [0.5, 0.6) is 0 Å². The van der Waals surface area contributed by atoms with E-state index in [1.807, 2.05) is 30.5 Å². The predicted octanol–water partition coefficient (Wildman–Crippen LogP) is 1.91. The molecule has 0 saturated heterocycles. The zero-order valence-corrected chi connectivity index (χ0v) is 10.2. The van der Waals surface area contributed by atoms with Gasteiger partial charge >= 0.3 is 0 Å². The lowest BCUT2D eigenvalue weighted by Crippen LogP contribution is -1.96. The molecule has 80 valence electrons. The summed E-state index contributed by atoms with van der Waals surface area (Å²) in [7, 11) is 0. The van der Waals surface area contributed by atoms with Gasteiger partial charge in [-0.3, -0.25) is 0 Å². The molecule has 15 heavy (non-hydrogen) atoms. The number of hydrogen-bond acceptors (Lipinski definition) is 3. The number of nitrogens with zero attached hydrogens (tertiary/aromatic N) is 3. The van der Waals surface area contributed by atoms with Crippen LogP contribution in [-0.4, -0.2) is 15.0 Å². The molecule has 1 heterocycles. The number of rotatable bonds is 2. The minimum atomic E-state index is 0. The first-order valence-electron chi connectivity index (χ1n) is 4.17. The molecule has 1 aromatic carbocycles. The van der Waals surface area contributed by atoms with Crippen LogP contribution in [0.2, 0.25) is 0 Å². The molecule has 1 aromatic heterocycles. The molecule has 4 nitrogen and oxygen atoms in total. The first kappa shape index (κ1) is 12.2. The maximum Gasteiger partial charge on any atom is 0.0967 e. The number of aromatic nitrogens is 3. The van der Waals surface area contributed by atoms with Crippen LogP contribution < -0.4 is 5.73 Å². The van der Waals surface area contributed by atoms with Gasteiger partial charge in [-0.15, -0.1) is 17.5 Å². The van der Waals surface area contributed by atoms with Gasteiger partial charge in [0.15, 0.2) is 0 Å².